The molecule has 2 nitrogen and oxygen atoms in total. The van der Waals surface area contributed by atoms with Gasteiger partial charge in [0.25, 0.3) is 0 Å². The zero-order valence-electron chi connectivity index (χ0n) is 6.78. The van der Waals surface area contributed by atoms with Gasteiger partial charge < -0.3 is 11.1 Å². The van der Waals surface area contributed by atoms with E-state index >= 15 is 0 Å². The second-order valence-corrected chi connectivity index (χ2v) is 3.12. The maximum absolute atomic E-state index is 5.70. The smallest absolute Gasteiger partial charge is 0.0223 e. The van der Waals surface area contributed by atoms with E-state index in [4.69, 9.17) is 12.2 Å². The number of rotatable bonds is 4. The predicted molar refractivity (Wildman–Crippen MR) is 44.6 cm³/mol. The van der Waals surface area contributed by atoms with E-state index in [2.05, 4.69) is 11.2 Å². The van der Waals surface area contributed by atoms with Gasteiger partial charge >= 0.3 is 0 Å². The first kappa shape index (κ1) is 9.48. The van der Waals surface area contributed by atoms with Crippen LogP contribution in [0.5, 0.6) is 0 Å². The molecule has 0 saturated carbocycles. The molecular formula is C8H16N2. The summed E-state index contributed by atoms with van der Waals surface area (Å²) in [5.74, 6) is 2.55. The first-order valence-corrected chi connectivity index (χ1v) is 3.49. The maximum Gasteiger partial charge on any atom is 0.0223 e. The molecule has 58 valence electrons. The molecule has 0 unspecified atom stereocenters. The number of hydrogen-bond donors (Lipinski definition) is 2. The van der Waals surface area contributed by atoms with Crippen LogP contribution in [0.15, 0.2) is 0 Å². The van der Waals surface area contributed by atoms with Crippen molar-refractivity contribution in [3.8, 4) is 12.3 Å². The van der Waals surface area contributed by atoms with Crippen molar-refractivity contribution in [1.82, 2.24) is 5.32 Å². The molecule has 3 N–H and O–H groups in total. The Bertz CT molecular complexity index is 116. The van der Waals surface area contributed by atoms with Crippen LogP contribution in [0.3, 0.4) is 0 Å². The van der Waals surface area contributed by atoms with Crippen molar-refractivity contribution < 1.29 is 0 Å². The molecule has 0 heterocycles. The molecule has 0 aliphatic rings. The standard InChI is InChI=1S/C8H16N2/c1-4-5-6-10-7-8(2,3)9/h1,10H,5-7,9H2,2-3H3. The summed E-state index contributed by atoms with van der Waals surface area (Å²) in [4.78, 5) is 0. The van der Waals surface area contributed by atoms with Crippen LogP contribution in [0.1, 0.15) is 20.3 Å². The molecule has 0 aliphatic carbocycles. The summed E-state index contributed by atoms with van der Waals surface area (Å²) in [6, 6.07) is 0. The van der Waals surface area contributed by atoms with Crippen molar-refractivity contribution in [2.75, 3.05) is 13.1 Å². The zero-order valence-corrected chi connectivity index (χ0v) is 6.78. The first-order valence-electron chi connectivity index (χ1n) is 3.49. The lowest BCUT2D eigenvalue weighted by Gasteiger charge is -2.18. The molecule has 0 fully saturated rings. The molecule has 0 amide bonds. The lowest BCUT2D eigenvalue weighted by atomic mass is 10.1. The number of hydrogen-bond acceptors (Lipinski definition) is 2. The van der Waals surface area contributed by atoms with Crippen LogP contribution in [0.4, 0.5) is 0 Å². The van der Waals surface area contributed by atoms with Gasteiger partial charge in [0.2, 0.25) is 0 Å². The van der Waals surface area contributed by atoms with Crippen LogP contribution >= 0.6 is 0 Å². The molecule has 0 atom stereocenters. The van der Waals surface area contributed by atoms with E-state index < -0.39 is 0 Å². The first-order chi connectivity index (χ1) is 4.56. The minimum absolute atomic E-state index is 0.130. The van der Waals surface area contributed by atoms with Crippen LogP contribution in [-0.4, -0.2) is 18.6 Å². The second kappa shape index (κ2) is 4.32. The quantitative estimate of drug-likeness (QED) is 0.436. The highest BCUT2D eigenvalue weighted by Crippen LogP contribution is 1.91. The normalized spacial score (nSPS) is 11.0. The van der Waals surface area contributed by atoms with Crippen molar-refractivity contribution in [2.45, 2.75) is 25.8 Å². The number of nitrogens with two attached hydrogens (primary N) is 1. The van der Waals surface area contributed by atoms with Gasteiger partial charge in [-0.15, -0.1) is 12.3 Å². The average Bonchev–Trinajstić information content (AvgIpc) is 1.78. The van der Waals surface area contributed by atoms with Crippen molar-refractivity contribution in [3.05, 3.63) is 0 Å². The van der Waals surface area contributed by atoms with Gasteiger partial charge in [0, 0.05) is 25.0 Å². The Labute approximate surface area is 63.2 Å². The minimum atomic E-state index is -0.130. The third-order valence-electron chi connectivity index (χ3n) is 1.03. The van der Waals surface area contributed by atoms with Gasteiger partial charge in [-0.25, -0.2) is 0 Å². The summed E-state index contributed by atoms with van der Waals surface area (Å²) in [6.07, 6.45) is 5.83. The van der Waals surface area contributed by atoms with Crippen LogP contribution in [0.2, 0.25) is 0 Å². The summed E-state index contributed by atoms with van der Waals surface area (Å²) < 4.78 is 0. The Morgan fingerprint density at radius 1 is 1.60 bits per heavy atom. The van der Waals surface area contributed by atoms with E-state index in [0.29, 0.717) is 0 Å². The molecule has 0 aliphatic heterocycles. The van der Waals surface area contributed by atoms with E-state index in [1.54, 1.807) is 0 Å². The Morgan fingerprint density at radius 3 is 2.60 bits per heavy atom. The summed E-state index contributed by atoms with van der Waals surface area (Å²) in [5.41, 5.74) is 5.57. The molecular weight excluding hydrogens is 124 g/mol. The third-order valence-corrected chi connectivity index (χ3v) is 1.03. The maximum atomic E-state index is 5.70. The Kier molecular flexibility index (Phi) is 4.10. The zero-order chi connectivity index (χ0) is 8.04. The highest BCUT2D eigenvalue weighted by Gasteiger charge is 2.07. The van der Waals surface area contributed by atoms with E-state index in [1.807, 2.05) is 13.8 Å². The second-order valence-electron chi connectivity index (χ2n) is 3.12. The fourth-order valence-electron chi connectivity index (χ4n) is 0.571. The molecule has 10 heavy (non-hydrogen) atoms. The molecule has 0 bridgehead atoms. The Balaban J connectivity index is 3.14. The Hall–Kier alpha value is -0.520. The lowest BCUT2D eigenvalue weighted by molar-refractivity contribution is 0.471. The molecule has 2 heteroatoms. The topological polar surface area (TPSA) is 38.0 Å². The summed E-state index contributed by atoms with van der Waals surface area (Å²) in [6.45, 7) is 5.64. The lowest BCUT2D eigenvalue weighted by Crippen LogP contribution is -2.43. The monoisotopic (exact) mass is 140 g/mol. The van der Waals surface area contributed by atoms with Gasteiger partial charge in [-0.1, -0.05) is 0 Å². The third kappa shape index (κ3) is 7.48. The molecule has 0 radical (unpaired) electrons. The van der Waals surface area contributed by atoms with Gasteiger partial charge in [-0.05, 0) is 13.8 Å². The highest BCUT2D eigenvalue weighted by atomic mass is 14.9. The molecule has 0 spiro atoms. The van der Waals surface area contributed by atoms with Gasteiger partial charge in [0.1, 0.15) is 0 Å². The van der Waals surface area contributed by atoms with E-state index in [0.717, 1.165) is 19.5 Å². The van der Waals surface area contributed by atoms with Crippen molar-refractivity contribution in [1.29, 1.82) is 0 Å². The molecule has 0 rings (SSSR count). The highest BCUT2D eigenvalue weighted by molar-refractivity contribution is 4.85. The van der Waals surface area contributed by atoms with Crippen LogP contribution in [0, 0.1) is 12.3 Å². The summed E-state index contributed by atoms with van der Waals surface area (Å²) in [5, 5.41) is 3.16. The summed E-state index contributed by atoms with van der Waals surface area (Å²) >= 11 is 0. The largest absolute Gasteiger partial charge is 0.324 e. The van der Waals surface area contributed by atoms with Gasteiger partial charge in [-0.3, -0.25) is 0 Å². The molecule has 0 aromatic rings. The minimum Gasteiger partial charge on any atom is -0.324 e. The van der Waals surface area contributed by atoms with Gasteiger partial charge in [0.05, 0.1) is 0 Å². The Morgan fingerprint density at radius 2 is 2.20 bits per heavy atom. The van der Waals surface area contributed by atoms with Crippen LogP contribution in [-0.2, 0) is 0 Å². The van der Waals surface area contributed by atoms with Crippen LogP contribution in [0.25, 0.3) is 0 Å². The van der Waals surface area contributed by atoms with Crippen LogP contribution < -0.4 is 11.1 Å². The molecule has 0 aromatic carbocycles. The average molecular weight is 140 g/mol. The van der Waals surface area contributed by atoms with Gasteiger partial charge in [-0.2, -0.15) is 0 Å². The van der Waals surface area contributed by atoms with Gasteiger partial charge in [0.15, 0.2) is 0 Å². The van der Waals surface area contributed by atoms with E-state index in [-0.39, 0.29) is 5.54 Å². The van der Waals surface area contributed by atoms with Crippen molar-refractivity contribution in [2.24, 2.45) is 5.73 Å². The van der Waals surface area contributed by atoms with E-state index in [1.165, 1.54) is 0 Å². The number of terminal acetylenes is 1. The fraction of sp³-hybridized carbons (Fsp3) is 0.750. The number of nitrogens with one attached hydrogen (secondary N) is 1. The van der Waals surface area contributed by atoms with E-state index in [9.17, 15) is 0 Å². The summed E-state index contributed by atoms with van der Waals surface area (Å²) in [7, 11) is 0. The fourth-order valence-corrected chi connectivity index (χ4v) is 0.571. The molecule has 0 saturated heterocycles. The SMILES string of the molecule is C#CCCNCC(C)(C)N. The van der Waals surface area contributed by atoms with Crippen molar-refractivity contribution in [3.63, 3.8) is 0 Å². The predicted octanol–water partition coefficient (Wildman–Crippen LogP) is 0.337. The van der Waals surface area contributed by atoms with Crippen molar-refractivity contribution >= 4 is 0 Å². The molecule has 0 aromatic heterocycles.